The van der Waals surface area contributed by atoms with Crippen LogP contribution in [-0.2, 0) is 4.79 Å². The van der Waals surface area contributed by atoms with E-state index in [1.54, 1.807) is 36.4 Å². The Hall–Kier alpha value is -1.32. The van der Waals surface area contributed by atoms with Crippen molar-refractivity contribution >= 4 is 62.2 Å². The van der Waals surface area contributed by atoms with Gasteiger partial charge >= 0.3 is 0 Å². The van der Waals surface area contributed by atoms with Gasteiger partial charge in [0.1, 0.15) is 11.5 Å². The Morgan fingerprint density at radius 1 is 1.39 bits per heavy atom. The average molecular weight is 510 g/mol. The molecule has 5 nitrogen and oxygen atoms in total. The number of hydrogen-bond donors (Lipinski definition) is 2. The number of phenolic OH excluding ortho intramolecular Hbond substituents is 1. The highest BCUT2D eigenvalue weighted by Gasteiger charge is 2.06. The summed E-state index contributed by atoms with van der Waals surface area (Å²) in [6.07, 6.45) is 1.36. The second-order valence-electron chi connectivity index (χ2n) is 4.36. The Balaban J connectivity index is 1.88. The molecule has 23 heavy (non-hydrogen) atoms. The lowest BCUT2D eigenvalue weighted by atomic mass is 10.2. The molecule has 0 aliphatic carbocycles. The number of halogens is 3. The van der Waals surface area contributed by atoms with E-state index < -0.39 is 5.91 Å². The first-order chi connectivity index (χ1) is 11.0. The molecule has 0 atom stereocenters. The number of benzene rings is 2. The van der Waals surface area contributed by atoms with Crippen LogP contribution in [0.3, 0.4) is 0 Å². The fourth-order valence-corrected chi connectivity index (χ4v) is 3.25. The number of amides is 1. The molecule has 0 aromatic heterocycles. The smallest absolute Gasteiger partial charge is 0.277 e. The molecule has 2 aromatic carbocycles. The van der Waals surface area contributed by atoms with E-state index in [-0.39, 0.29) is 12.4 Å². The predicted octanol–water partition coefficient (Wildman–Crippen LogP) is 3.94. The van der Waals surface area contributed by atoms with E-state index in [1.165, 1.54) is 6.21 Å². The molecule has 0 fully saturated rings. The number of hydrazone groups is 1. The molecule has 0 aliphatic rings. The van der Waals surface area contributed by atoms with E-state index in [2.05, 4.69) is 26.5 Å². The molecule has 0 bridgehead atoms. The minimum absolute atomic E-state index is 0.101. The van der Waals surface area contributed by atoms with Gasteiger partial charge in [-0.3, -0.25) is 4.79 Å². The fraction of sp³-hybridized carbons (Fsp3) is 0.0667. The summed E-state index contributed by atoms with van der Waals surface area (Å²) >= 11 is 11.1. The van der Waals surface area contributed by atoms with Crippen LogP contribution in [0.15, 0.2) is 46.0 Å². The van der Waals surface area contributed by atoms with Crippen molar-refractivity contribution in [2.75, 3.05) is 6.61 Å². The van der Waals surface area contributed by atoms with Gasteiger partial charge in [0, 0.05) is 15.1 Å². The highest BCUT2D eigenvalue weighted by atomic mass is 127. The van der Waals surface area contributed by atoms with Gasteiger partial charge in [0.2, 0.25) is 0 Å². The predicted molar refractivity (Wildman–Crippen MR) is 101 cm³/mol. The van der Waals surface area contributed by atoms with Crippen molar-refractivity contribution < 1.29 is 14.6 Å². The number of rotatable bonds is 5. The zero-order valence-electron chi connectivity index (χ0n) is 11.6. The lowest BCUT2D eigenvalue weighted by Gasteiger charge is -2.05. The van der Waals surface area contributed by atoms with Crippen molar-refractivity contribution in [3.05, 3.63) is 55.0 Å². The molecule has 2 aromatic rings. The zero-order valence-corrected chi connectivity index (χ0v) is 16.1. The highest BCUT2D eigenvalue weighted by Crippen LogP contribution is 2.27. The summed E-state index contributed by atoms with van der Waals surface area (Å²) < 4.78 is 6.77. The van der Waals surface area contributed by atoms with Crippen molar-refractivity contribution in [2.45, 2.75) is 0 Å². The molecule has 2 rings (SSSR count). The van der Waals surface area contributed by atoms with Crippen LogP contribution < -0.4 is 10.2 Å². The molecule has 0 unspecified atom stereocenters. The third-order valence-electron chi connectivity index (χ3n) is 2.63. The van der Waals surface area contributed by atoms with Gasteiger partial charge in [-0.05, 0) is 59.0 Å². The van der Waals surface area contributed by atoms with Gasteiger partial charge in [-0.2, -0.15) is 5.10 Å². The molecule has 0 saturated heterocycles. The van der Waals surface area contributed by atoms with E-state index in [1.807, 2.05) is 22.6 Å². The van der Waals surface area contributed by atoms with E-state index >= 15 is 0 Å². The second-order valence-corrected chi connectivity index (χ2v) is 6.88. The number of hydrogen-bond acceptors (Lipinski definition) is 4. The molecule has 0 aliphatic heterocycles. The Kier molecular flexibility index (Phi) is 6.67. The van der Waals surface area contributed by atoms with Crippen LogP contribution in [0.5, 0.6) is 11.5 Å². The number of aromatic hydroxyl groups is 1. The molecule has 0 saturated carbocycles. The third-order valence-corrected chi connectivity index (χ3v) is 4.17. The summed E-state index contributed by atoms with van der Waals surface area (Å²) in [4.78, 5) is 11.6. The Morgan fingerprint density at radius 3 is 2.78 bits per heavy atom. The number of ether oxygens (including phenoxy) is 1. The van der Waals surface area contributed by atoms with Crippen LogP contribution in [0.25, 0.3) is 0 Å². The Bertz CT molecular complexity index is 738. The number of nitrogens with one attached hydrogen (secondary N) is 1. The van der Waals surface area contributed by atoms with Gasteiger partial charge < -0.3 is 9.84 Å². The maximum absolute atomic E-state index is 11.6. The molecule has 0 spiro atoms. The van der Waals surface area contributed by atoms with Crippen molar-refractivity contribution in [1.29, 1.82) is 0 Å². The minimum atomic E-state index is -0.416. The van der Waals surface area contributed by atoms with Gasteiger partial charge in [-0.15, -0.1) is 0 Å². The van der Waals surface area contributed by atoms with Crippen LogP contribution in [0.2, 0.25) is 5.02 Å². The van der Waals surface area contributed by atoms with Gasteiger partial charge in [0.25, 0.3) is 5.91 Å². The van der Waals surface area contributed by atoms with Crippen LogP contribution in [0, 0.1) is 3.57 Å². The quantitative estimate of drug-likeness (QED) is 0.365. The lowest BCUT2D eigenvalue weighted by molar-refractivity contribution is -0.123. The number of nitrogens with zero attached hydrogens (tertiary/aromatic N) is 1. The zero-order chi connectivity index (χ0) is 16.8. The first kappa shape index (κ1) is 18.0. The Labute approximate surface area is 160 Å². The third kappa shape index (κ3) is 5.67. The van der Waals surface area contributed by atoms with Gasteiger partial charge in [0.05, 0.1) is 9.78 Å². The topological polar surface area (TPSA) is 70.9 Å². The second kappa shape index (κ2) is 8.51. The van der Waals surface area contributed by atoms with Crippen LogP contribution in [-0.4, -0.2) is 23.8 Å². The first-order valence-corrected chi connectivity index (χ1v) is 8.59. The lowest BCUT2D eigenvalue weighted by Crippen LogP contribution is -2.24. The van der Waals surface area contributed by atoms with Crippen molar-refractivity contribution in [3.8, 4) is 11.5 Å². The normalized spacial score (nSPS) is 10.7. The Morgan fingerprint density at radius 2 is 2.09 bits per heavy atom. The average Bonchev–Trinajstić information content (AvgIpc) is 2.51. The van der Waals surface area contributed by atoms with E-state index in [0.29, 0.717) is 19.9 Å². The maximum Gasteiger partial charge on any atom is 0.277 e. The maximum atomic E-state index is 11.6. The highest BCUT2D eigenvalue weighted by molar-refractivity contribution is 14.1. The van der Waals surface area contributed by atoms with Gasteiger partial charge in [-0.1, -0.05) is 27.5 Å². The van der Waals surface area contributed by atoms with Crippen molar-refractivity contribution in [1.82, 2.24) is 5.43 Å². The van der Waals surface area contributed by atoms with Crippen molar-refractivity contribution in [2.24, 2.45) is 5.10 Å². The van der Waals surface area contributed by atoms with Gasteiger partial charge in [0.15, 0.2) is 6.61 Å². The number of phenols is 1. The molecular formula is C15H11BrClIN2O3. The molecular weight excluding hydrogens is 498 g/mol. The van der Waals surface area contributed by atoms with Crippen molar-refractivity contribution in [3.63, 3.8) is 0 Å². The summed E-state index contributed by atoms with van der Waals surface area (Å²) in [5.41, 5.74) is 2.82. The SMILES string of the molecule is O=C(COc1ccc(Cl)cc1)N/N=C/c1cc(Br)cc(I)c1O. The summed E-state index contributed by atoms with van der Waals surface area (Å²) in [5, 5.41) is 14.3. The summed E-state index contributed by atoms with van der Waals surface area (Å²) in [5.74, 6) is 0.220. The van der Waals surface area contributed by atoms with Crippen LogP contribution in [0.4, 0.5) is 0 Å². The fourth-order valence-electron chi connectivity index (χ4n) is 1.57. The van der Waals surface area contributed by atoms with Gasteiger partial charge in [-0.25, -0.2) is 5.43 Å². The first-order valence-electron chi connectivity index (χ1n) is 6.34. The summed E-state index contributed by atoms with van der Waals surface area (Å²) in [7, 11) is 0. The summed E-state index contributed by atoms with van der Waals surface area (Å²) in [6.45, 7) is -0.180. The molecule has 0 heterocycles. The van der Waals surface area contributed by atoms with E-state index in [0.717, 1.165) is 4.47 Å². The molecule has 120 valence electrons. The molecule has 2 N–H and O–H groups in total. The minimum Gasteiger partial charge on any atom is -0.506 e. The monoisotopic (exact) mass is 508 g/mol. The molecule has 8 heteroatoms. The number of carbonyl (C=O) groups excluding carboxylic acids is 1. The van der Waals surface area contributed by atoms with E-state index in [9.17, 15) is 9.90 Å². The van der Waals surface area contributed by atoms with Crippen LogP contribution in [0.1, 0.15) is 5.56 Å². The largest absolute Gasteiger partial charge is 0.506 e. The standard InChI is InChI=1S/C15H11BrClIN2O3/c16-10-5-9(15(22)13(18)6-10)7-19-20-14(21)8-23-12-3-1-11(17)2-4-12/h1-7,22H,8H2,(H,20,21)/b19-7+. The summed E-state index contributed by atoms with van der Waals surface area (Å²) in [6, 6.07) is 10.1. The van der Waals surface area contributed by atoms with Crippen LogP contribution >= 0.6 is 50.1 Å². The van der Waals surface area contributed by atoms with E-state index in [4.69, 9.17) is 16.3 Å². The molecule has 0 radical (unpaired) electrons. The molecule has 1 amide bonds. The number of carbonyl (C=O) groups is 1.